The molecule has 1 aromatic rings. The van der Waals surface area contributed by atoms with Crippen molar-refractivity contribution in [1.82, 2.24) is 9.78 Å². The molecule has 0 atom stereocenters. The third kappa shape index (κ3) is 3.35. The van der Waals surface area contributed by atoms with E-state index in [1.165, 1.54) is 19.3 Å². The largest absolute Gasteiger partial charge is 0.330 e. The van der Waals surface area contributed by atoms with E-state index in [0.717, 1.165) is 24.2 Å². The molecule has 1 aliphatic rings. The number of nitrogens with one attached hydrogen (secondary N) is 1. The Bertz CT molecular complexity index is 446. The van der Waals surface area contributed by atoms with Crippen LogP contribution in [0.4, 0.5) is 5.69 Å². The zero-order valence-corrected chi connectivity index (χ0v) is 11.9. The van der Waals surface area contributed by atoms with Crippen LogP contribution in [0.3, 0.4) is 0 Å². The van der Waals surface area contributed by atoms with Gasteiger partial charge in [-0.1, -0.05) is 19.3 Å². The van der Waals surface area contributed by atoms with Crippen LogP contribution in [-0.2, 0) is 11.8 Å². The van der Waals surface area contributed by atoms with E-state index in [4.69, 9.17) is 5.73 Å². The van der Waals surface area contributed by atoms with E-state index in [0.29, 0.717) is 13.0 Å². The molecule has 0 bridgehead atoms. The minimum absolute atomic E-state index is 0.0123. The third-order valence-corrected chi connectivity index (χ3v) is 4.17. The summed E-state index contributed by atoms with van der Waals surface area (Å²) in [6.07, 6.45) is 8.16. The molecule has 1 amide bonds. The number of nitrogens with two attached hydrogens (primary N) is 1. The Morgan fingerprint density at radius 1 is 1.47 bits per heavy atom. The summed E-state index contributed by atoms with van der Waals surface area (Å²) in [4.78, 5) is 12.2. The number of rotatable bonds is 4. The molecule has 1 fully saturated rings. The summed E-state index contributed by atoms with van der Waals surface area (Å²) < 4.78 is 1.71. The summed E-state index contributed by atoms with van der Waals surface area (Å²) in [5, 5.41) is 7.19. The van der Waals surface area contributed by atoms with Crippen molar-refractivity contribution in [3.05, 3.63) is 11.9 Å². The first-order chi connectivity index (χ1) is 9.04. The van der Waals surface area contributed by atoms with E-state index in [1.807, 2.05) is 20.2 Å². The summed E-state index contributed by atoms with van der Waals surface area (Å²) in [5.74, 6) is 0.0588. The monoisotopic (exact) mass is 264 g/mol. The van der Waals surface area contributed by atoms with Crippen molar-refractivity contribution in [2.75, 3.05) is 11.9 Å². The van der Waals surface area contributed by atoms with Gasteiger partial charge in [-0.05, 0) is 31.7 Å². The maximum atomic E-state index is 12.2. The lowest BCUT2D eigenvalue weighted by molar-refractivity contribution is -0.118. The number of aryl methyl sites for hydroxylation is 2. The van der Waals surface area contributed by atoms with Gasteiger partial charge in [0, 0.05) is 19.7 Å². The van der Waals surface area contributed by atoms with Crippen LogP contribution < -0.4 is 11.1 Å². The van der Waals surface area contributed by atoms with Gasteiger partial charge in [-0.15, -0.1) is 0 Å². The predicted molar refractivity (Wildman–Crippen MR) is 75.8 cm³/mol. The standard InChI is InChI=1S/C14H24N4O/c1-11-12(9-18(2)17-11)16-13(19)8-14(10-15)6-4-3-5-7-14/h9H,3-8,10,15H2,1-2H3,(H,16,19). The maximum Gasteiger partial charge on any atom is 0.225 e. The molecule has 5 heteroatoms. The van der Waals surface area contributed by atoms with Gasteiger partial charge < -0.3 is 11.1 Å². The molecule has 106 valence electrons. The van der Waals surface area contributed by atoms with Crippen molar-refractivity contribution >= 4 is 11.6 Å². The Morgan fingerprint density at radius 3 is 2.68 bits per heavy atom. The van der Waals surface area contributed by atoms with Crippen LogP contribution in [0.1, 0.15) is 44.2 Å². The zero-order chi connectivity index (χ0) is 13.9. The second kappa shape index (κ2) is 5.74. The normalized spacial score (nSPS) is 18.3. The fourth-order valence-corrected chi connectivity index (χ4v) is 3.01. The number of aromatic nitrogens is 2. The molecule has 0 aromatic carbocycles. The quantitative estimate of drug-likeness (QED) is 0.873. The lowest BCUT2D eigenvalue weighted by atomic mass is 9.71. The lowest BCUT2D eigenvalue weighted by Gasteiger charge is -2.35. The van der Waals surface area contributed by atoms with E-state index in [2.05, 4.69) is 10.4 Å². The number of hydrogen-bond acceptors (Lipinski definition) is 3. The zero-order valence-electron chi connectivity index (χ0n) is 11.9. The van der Waals surface area contributed by atoms with Crippen LogP contribution in [0.5, 0.6) is 0 Å². The van der Waals surface area contributed by atoms with Crippen LogP contribution in [-0.4, -0.2) is 22.2 Å². The van der Waals surface area contributed by atoms with E-state index in [1.54, 1.807) is 4.68 Å². The van der Waals surface area contributed by atoms with E-state index in [9.17, 15) is 4.79 Å². The molecule has 19 heavy (non-hydrogen) atoms. The van der Waals surface area contributed by atoms with Gasteiger partial charge in [-0.3, -0.25) is 9.48 Å². The van der Waals surface area contributed by atoms with Crippen molar-refractivity contribution < 1.29 is 4.79 Å². The van der Waals surface area contributed by atoms with Crippen molar-refractivity contribution in [3.63, 3.8) is 0 Å². The van der Waals surface area contributed by atoms with Crippen LogP contribution in [0.2, 0.25) is 0 Å². The smallest absolute Gasteiger partial charge is 0.225 e. The van der Waals surface area contributed by atoms with Gasteiger partial charge in [-0.2, -0.15) is 5.10 Å². The third-order valence-electron chi connectivity index (χ3n) is 4.17. The summed E-state index contributed by atoms with van der Waals surface area (Å²) >= 11 is 0. The van der Waals surface area contributed by atoms with E-state index in [-0.39, 0.29) is 11.3 Å². The molecule has 1 heterocycles. The Morgan fingerprint density at radius 2 is 2.16 bits per heavy atom. The van der Waals surface area contributed by atoms with Crippen molar-refractivity contribution in [2.45, 2.75) is 45.4 Å². The first kappa shape index (κ1) is 14.1. The van der Waals surface area contributed by atoms with Crippen LogP contribution >= 0.6 is 0 Å². The van der Waals surface area contributed by atoms with Gasteiger partial charge in [0.25, 0.3) is 0 Å². The number of carbonyl (C=O) groups is 1. The summed E-state index contributed by atoms with van der Waals surface area (Å²) in [6.45, 7) is 2.50. The molecule has 0 unspecified atom stereocenters. The van der Waals surface area contributed by atoms with Gasteiger partial charge >= 0.3 is 0 Å². The molecular formula is C14H24N4O. The van der Waals surface area contributed by atoms with Crippen molar-refractivity contribution in [2.24, 2.45) is 18.2 Å². The highest BCUT2D eigenvalue weighted by atomic mass is 16.1. The molecule has 0 aliphatic heterocycles. The second-order valence-corrected chi connectivity index (χ2v) is 5.79. The molecule has 5 nitrogen and oxygen atoms in total. The SMILES string of the molecule is Cc1nn(C)cc1NC(=O)CC1(CN)CCCCC1. The van der Waals surface area contributed by atoms with E-state index >= 15 is 0 Å². The van der Waals surface area contributed by atoms with E-state index < -0.39 is 0 Å². The van der Waals surface area contributed by atoms with Crippen LogP contribution in [0.25, 0.3) is 0 Å². The first-order valence-corrected chi connectivity index (χ1v) is 7.05. The highest BCUT2D eigenvalue weighted by molar-refractivity contribution is 5.91. The summed E-state index contributed by atoms with van der Waals surface area (Å²) in [6, 6.07) is 0. The summed E-state index contributed by atoms with van der Waals surface area (Å²) in [5.41, 5.74) is 7.58. The molecule has 0 radical (unpaired) electrons. The Balaban J connectivity index is 1.98. The van der Waals surface area contributed by atoms with Gasteiger partial charge in [0.2, 0.25) is 5.91 Å². The highest BCUT2D eigenvalue weighted by Gasteiger charge is 2.33. The minimum atomic E-state index is 0.0123. The van der Waals surface area contributed by atoms with Crippen molar-refractivity contribution in [3.8, 4) is 0 Å². The fraction of sp³-hybridized carbons (Fsp3) is 0.714. The molecule has 0 spiro atoms. The molecule has 1 saturated carbocycles. The Hall–Kier alpha value is -1.36. The van der Waals surface area contributed by atoms with Crippen molar-refractivity contribution in [1.29, 1.82) is 0 Å². The first-order valence-electron chi connectivity index (χ1n) is 7.05. The fourth-order valence-electron chi connectivity index (χ4n) is 3.01. The summed E-state index contributed by atoms with van der Waals surface area (Å²) in [7, 11) is 1.85. The molecule has 1 aliphatic carbocycles. The molecule has 0 saturated heterocycles. The molecule has 3 N–H and O–H groups in total. The predicted octanol–water partition coefficient (Wildman–Crippen LogP) is 1.97. The Labute approximate surface area is 114 Å². The molecule has 1 aromatic heterocycles. The number of amides is 1. The highest BCUT2D eigenvalue weighted by Crippen LogP contribution is 2.38. The average molecular weight is 264 g/mol. The van der Waals surface area contributed by atoms with Gasteiger partial charge in [0.05, 0.1) is 11.4 Å². The van der Waals surface area contributed by atoms with Crippen LogP contribution in [0, 0.1) is 12.3 Å². The maximum absolute atomic E-state index is 12.2. The second-order valence-electron chi connectivity index (χ2n) is 5.79. The number of anilines is 1. The van der Waals surface area contributed by atoms with Gasteiger partial charge in [0.15, 0.2) is 0 Å². The topological polar surface area (TPSA) is 72.9 Å². The average Bonchev–Trinajstić information content (AvgIpc) is 2.68. The number of hydrogen-bond donors (Lipinski definition) is 2. The van der Waals surface area contributed by atoms with Gasteiger partial charge in [0.1, 0.15) is 0 Å². The lowest BCUT2D eigenvalue weighted by Crippen LogP contribution is -2.36. The Kier molecular flexibility index (Phi) is 4.24. The minimum Gasteiger partial charge on any atom is -0.330 e. The molecular weight excluding hydrogens is 240 g/mol. The number of nitrogens with zero attached hydrogens (tertiary/aromatic N) is 2. The number of carbonyl (C=O) groups excluding carboxylic acids is 1. The molecule has 2 rings (SSSR count). The van der Waals surface area contributed by atoms with Gasteiger partial charge in [-0.25, -0.2) is 0 Å². The van der Waals surface area contributed by atoms with Crippen LogP contribution in [0.15, 0.2) is 6.20 Å².